The average Bonchev–Trinajstić information content (AvgIpc) is 3.10. The SMILES string of the molecule is COC(=O)c1c(C)oc(NC(=O)CN2C(=O)c3ccccc3C2=O)c1C#N. The van der Waals surface area contributed by atoms with Crippen LogP contribution in [0.4, 0.5) is 5.88 Å². The number of anilines is 1. The van der Waals surface area contributed by atoms with E-state index < -0.39 is 30.2 Å². The predicted molar refractivity (Wildman–Crippen MR) is 89.9 cm³/mol. The lowest BCUT2D eigenvalue weighted by molar-refractivity contribution is -0.116. The number of benzene rings is 1. The Bertz CT molecular complexity index is 995. The fourth-order valence-corrected chi connectivity index (χ4v) is 2.78. The lowest BCUT2D eigenvalue weighted by Crippen LogP contribution is -2.37. The van der Waals surface area contributed by atoms with Crippen LogP contribution in [0.15, 0.2) is 28.7 Å². The average molecular weight is 367 g/mol. The van der Waals surface area contributed by atoms with Crippen molar-refractivity contribution >= 4 is 29.6 Å². The third kappa shape index (κ3) is 2.93. The summed E-state index contributed by atoms with van der Waals surface area (Å²) in [5, 5.41) is 11.6. The third-order valence-corrected chi connectivity index (χ3v) is 4.02. The molecule has 0 radical (unpaired) electrons. The largest absolute Gasteiger partial charge is 0.465 e. The van der Waals surface area contributed by atoms with Crippen LogP contribution in [0, 0.1) is 18.3 Å². The number of nitrogens with one attached hydrogen (secondary N) is 1. The number of ether oxygens (including phenoxy) is 1. The number of methoxy groups -OCH3 is 1. The molecule has 3 rings (SSSR count). The molecule has 1 aliphatic rings. The Kier molecular flexibility index (Phi) is 4.48. The zero-order valence-corrected chi connectivity index (χ0v) is 14.4. The summed E-state index contributed by atoms with van der Waals surface area (Å²) >= 11 is 0. The number of aryl methyl sites for hydroxylation is 1. The molecule has 0 unspecified atom stereocenters. The molecule has 0 saturated carbocycles. The minimum atomic E-state index is -0.784. The number of nitriles is 1. The summed E-state index contributed by atoms with van der Waals surface area (Å²) in [6.45, 7) is 0.872. The van der Waals surface area contributed by atoms with Crippen LogP contribution >= 0.6 is 0 Å². The zero-order valence-electron chi connectivity index (χ0n) is 14.4. The maximum absolute atomic E-state index is 12.3. The first-order valence-electron chi connectivity index (χ1n) is 7.76. The third-order valence-electron chi connectivity index (χ3n) is 4.02. The number of amides is 3. The maximum atomic E-state index is 12.3. The Hall–Kier alpha value is -3.93. The van der Waals surface area contributed by atoms with Crippen LogP contribution < -0.4 is 5.32 Å². The summed E-state index contributed by atoms with van der Waals surface area (Å²) in [4.78, 5) is 49.4. The van der Waals surface area contributed by atoms with E-state index in [0.29, 0.717) is 0 Å². The summed E-state index contributed by atoms with van der Waals surface area (Å²) in [6.07, 6.45) is 0. The van der Waals surface area contributed by atoms with Gasteiger partial charge in [-0.1, -0.05) is 12.1 Å². The van der Waals surface area contributed by atoms with Gasteiger partial charge in [0.05, 0.1) is 18.2 Å². The van der Waals surface area contributed by atoms with Gasteiger partial charge in [-0.3, -0.25) is 24.6 Å². The molecule has 9 nitrogen and oxygen atoms in total. The van der Waals surface area contributed by atoms with Gasteiger partial charge >= 0.3 is 5.97 Å². The van der Waals surface area contributed by atoms with Crippen LogP contribution in [0.25, 0.3) is 0 Å². The minimum Gasteiger partial charge on any atom is -0.465 e. The molecule has 0 saturated heterocycles. The van der Waals surface area contributed by atoms with Crippen molar-refractivity contribution in [3.05, 3.63) is 52.3 Å². The van der Waals surface area contributed by atoms with Crippen molar-refractivity contribution in [3.63, 3.8) is 0 Å². The number of nitrogens with zero attached hydrogens (tertiary/aromatic N) is 2. The molecule has 136 valence electrons. The van der Waals surface area contributed by atoms with E-state index in [0.717, 1.165) is 12.0 Å². The summed E-state index contributed by atoms with van der Waals surface area (Å²) in [5.41, 5.74) is 0.135. The van der Waals surface area contributed by atoms with Crippen LogP contribution in [0.2, 0.25) is 0 Å². The van der Waals surface area contributed by atoms with E-state index in [1.54, 1.807) is 18.2 Å². The number of rotatable bonds is 4. The standard InChI is InChI=1S/C18H13N3O6/c1-9-14(18(25)26-2)12(7-19)15(27-9)20-13(22)8-21-16(23)10-5-3-4-6-11(10)17(21)24/h3-6H,8H2,1-2H3,(H,20,22). The summed E-state index contributed by atoms with van der Waals surface area (Å²) in [5.74, 6) is -2.87. The van der Waals surface area contributed by atoms with E-state index in [9.17, 15) is 24.4 Å². The summed E-state index contributed by atoms with van der Waals surface area (Å²) in [7, 11) is 1.15. The summed E-state index contributed by atoms with van der Waals surface area (Å²) in [6, 6.07) is 8.01. The maximum Gasteiger partial charge on any atom is 0.342 e. The predicted octanol–water partition coefficient (Wildman–Crippen LogP) is 1.48. The summed E-state index contributed by atoms with van der Waals surface area (Å²) < 4.78 is 9.86. The molecule has 0 fully saturated rings. The first-order valence-corrected chi connectivity index (χ1v) is 7.76. The molecule has 2 aromatic rings. The molecule has 9 heteroatoms. The number of carbonyl (C=O) groups is 4. The number of hydrogen-bond acceptors (Lipinski definition) is 7. The van der Waals surface area contributed by atoms with Gasteiger partial charge < -0.3 is 9.15 Å². The smallest absolute Gasteiger partial charge is 0.342 e. The molecule has 1 aromatic carbocycles. The highest BCUT2D eigenvalue weighted by Gasteiger charge is 2.36. The van der Waals surface area contributed by atoms with Crippen molar-refractivity contribution in [2.75, 3.05) is 19.0 Å². The van der Waals surface area contributed by atoms with Crippen molar-refractivity contribution in [2.45, 2.75) is 6.92 Å². The minimum absolute atomic E-state index is 0.0921. The highest BCUT2D eigenvalue weighted by Crippen LogP contribution is 2.27. The molecule has 1 N–H and O–H groups in total. The second-order valence-corrected chi connectivity index (χ2v) is 5.63. The second-order valence-electron chi connectivity index (χ2n) is 5.63. The quantitative estimate of drug-likeness (QED) is 0.640. The molecule has 0 spiro atoms. The van der Waals surface area contributed by atoms with Gasteiger partial charge in [-0.25, -0.2) is 4.79 Å². The Balaban J connectivity index is 1.80. The molecule has 1 aromatic heterocycles. The van der Waals surface area contributed by atoms with Crippen LogP contribution in [0.3, 0.4) is 0 Å². The first-order chi connectivity index (χ1) is 12.9. The van der Waals surface area contributed by atoms with Gasteiger partial charge in [-0.05, 0) is 19.1 Å². The molecular weight excluding hydrogens is 354 g/mol. The lowest BCUT2D eigenvalue weighted by atomic mass is 10.1. The van der Waals surface area contributed by atoms with Crippen molar-refractivity contribution in [1.82, 2.24) is 4.90 Å². The second kappa shape index (κ2) is 6.76. The first kappa shape index (κ1) is 17.9. The lowest BCUT2D eigenvalue weighted by Gasteiger charge is -2.12. The topological polar surface area (TPSA) is 130 Å². The Morgan fingerprint density at radius 3 is 2.33 bits per heavy atom. The number of furan rings is 1. The van der Waals surface area contributed by atoms with Crippen LogP contribution in [-0.4, -0.2) is 42.2 Å². The molecule has 27 heavy (non-hydrogen) atoms. The Morgan fingerprint density at radius 2 is 1.81 bits per heavy atom. The van der Waals surface area contributed by atoms with Gasteiger partial charge in [0.2, 0.25) is 11.8 Å². The normalized spacial score (nSPS) is 12.6. The molecule has 1 aliphatic heterocycles. The van der Waals surface area contributed by atoms with E-state index in [1.165, 1.54) is 19.1 Å². The molecule has 2 heterocycles. The van der Waals surface area contributed by atoms with Crippen LogP contribution in [0.1, 0.15) is 42.4 Å². The fourth-order valence-electron chi connectivity index (χ4n) is 2.78. The molecule has 3 amide bonds. The molecule has 0 atom stereocenters. The number of carbonyl (C=O) groups excluding carboxylic acids is 4. The molecule has 0 aliphatic carbocycles. The molecule has 0 bridgehead atoms. The molecular formula is C18H13N3O6. The highest BCUT2D eigenvalue weighted by molar-refractivity contribution is 6.22. The van der Waals surface area contributed by atoms with E-state index in [2.05, 4.69) is 10.1 Å². The Labute approximate surface area is 153 Å². The van der Waals surface area contributed by atoms with Crippen molar-refractivity contribution in [3.8, 4) is 6.07 Å². The van der Waals surface area contributed by atoms with Crippen molar-refractivity contribution in [1.29, 1.82) is 5.26 Å². The van der Waals surface area contributed by atoms with Crippen molar-refractivity contribution in [2.24, 2.45) is 0 Å². The van der Waals surface area contributed by atoms with E-state index >= 15 is 0 Å². The van der Waals surface area contributed by atoms with E-state index in [1.807, 2.05) is 0 Å². The zero-order chi connectivity index (χ0) is 19.7. The number of fused-ring (bicyclic) bond motifs is 1. The Morgan fingerprint density at radius 1 is 1.22 bits per heavy atom. The van der Waals surface area contributed by atoms with E-state index in [-0.39, 0.29) is 33.9 Å². The monoisotopic (exact) mass is 367 g/mol. The number of imide groups is 1. The van der Waals surface area contributed by atoms with Crippen LogP contribution in [0.5, 0.6) is 0 Å². The number of hydrogen-bond donors (Lipinski definition) is 1. The van der Waals surface area contributed by atoms with Gasteiger partial charge in [0.1, 0.15) is 29.5 Å². The van der Waals surface area contributed by atoms with Gasteiger partial charge in [0.25, 0.3) is 11.8 Å². The van der Waals surface area contributed by atoms with E-state index in [4.69, 9.17) is 4.42 Å². The van der Waals surface area contributed by atoms with Gasteiger partial charge in [0.15, 0.2) is 0 Å². The van der Waals surface area contributed by atoms with Crippen LogP contribution in [-0.2, 0) is 9.53 Å². The highest BCUT2D eigenvalue weighted by atomic mass is 16.5. The fraction of sp³-hybridized carbons (Fsp3) is 0.167. The van der Waals surface area contributed by atoms with Gasteiger partial charge in [-0.15, -0.1) is 0 Å². The van der Waals surface area contributed by atoms with Crippen molar-refractivity contribution < 1.29 is 28.3 Å². The number of esters is 1. The van der Waals surface area contributed by atoms with Gasteiger partial charge in [0, 0.05) is 0 Å². The van der Waals surface area contributed by atoms with Gasteiger partial charge in [-0.2, -0.15) is 5.26 Å².